The number of nitrogens with zero attached hydrogens (tertiary/aromatic N) is 2. The van der Waals surface area contributed by atoms with Crippen LogP contribution in [0.15, 0.2) is 18.2 Å². The van der Waals surface area contributed by atoms with Crippen molar-refractivity contribution in [1.29, 1.82) is 0 Å². The summed E-state index contributed by atoms with van der Waals surface area (Å²) in [5.41, 5.74) is 7.98. The van der Waals surface area contributed by atoms with Gasteiger partial charge in [0.25, 0.3) is 5.91 Å². The number of anilines is 1. The second-order valence-electron chi connectivity index (χ2n) is 5.24. The average Bonchev–Trinajstić information content (AvgIpc) is 2.66. The molecule has 2 amide bonds. The molecule has 108 valence electrons. The molecular weight excluding hydrogens is 254 g/mol. The second-order valence-corrected chi connectivity index (χ2v) is 5.24. The molecule has 0 unspecified atom stereocenters. The van der Waals surface area contributed by atoms with Crippen LogP contribution >= 0.6 is 0 Å². The Morgan fingerprint density at radius 1 is 1.10 bits per heavy atom. The molecule has 0 aromatic heterocycles. The maximum absolute atomic E-state index is 12.5. The first-order chi connectivity index (χ1) is 9.49. The van der Waals surface area contributed by atoms with Crippen LogP contribution in [0.2, 0.25) is 0 Å². The third kappa shape index (κ3) is 3.10. The second kappa shape index (κ2) is 5.94. The van der Waals surface area contributed by atoms with Crippen molar-refractivity contribution < 1.29 is 9.59 Å². The molecule has 1 aromatic rings. The molecule has 0 spiro atoms. The van der Waals surface area contributed by atoms with Crippen LogP contribution in [-0.2, 0) is 4.79 Å². The molecule has 1 aliphatic heterocycles. The average molecular weight is 275 g/mol. The van der Waals surface area contributed by atoms with E-state index in [-0.39, 0.29) is 11.8 Å². The summed E-state index contributed by atoms with van der Waals surface area (Å²) in [6.45, 7) is 6.03. The molecule has 20 heavy (non-hydrogen) atoms. The fourth-order valence-corrected chi connectivity index (χ4v) is 2.46. The summed E-state index contributed by atoms with van der Waals surface area (Å²) in [5.74, 6) is 0.0194. The van der Waals surface area contributed by atoms with Gasteiger partial charge in [-0.2, -0.15) is 0 Å². The SMILES string of the molecule is CC(=O)N1CCCN(C(=O)c2cc(C)ccc2N)CC1. The van der Waals surface area contributed by atoms with E-state index in [1.165, 1.54) is 0 Å². The lowest BCUT2D eigenvalue weighted by molar-refractivity contribution is -0.128. The quantitative estimate of drug-likeness (QED) is 0.785. The highest BCUT2D eigenvalue weighted by Crippen LogP contribution is 2.17. The van der Waals surface area contributed by atoms with Crippen molar-refractivity contribution in [3.63, 3.8) is 0 Å². The van der Waals surface area contributed by atoms with E-state index >= 15 is 0 Å². The van der Waals surface area contributed by atoms with Crippen LogP contribution < -0.4 is 5.73 Å². The third-order valence-electron chi connectivity index (χ3n) is 3.67. The predicted molar refractivity (Wildman–Crippen MR) is 78.4 cm³/mol. The summed E-state index contributed by atoms with van der Waals surface area (Å²) in [7, 11) is 0. The molecular formula is C15H21N3O2. The van der Waals surface area contributed by atoms with Crippen molar-refractivity contribution in [3.8, 4) is 0 Å². The lowest BCUT2D eigenvalue weighted by Crippen LogP contribution is -2.36. The minimum Gasteiger partial charge on any atom is -0.398 e. The van der Waals surface area contributed by atoms with Gasteiger partial charge in [-0.3, -0.25) is 9.59 Å². The highest BCUT2D eigenvalue weighted by atomic mass is 16.2. The predicted octanol–water partition coefficient (Wildman–Crippen LogP) is 1.27. The van der Waals surface area contributed by atoms with Crippen molar-refractivity contribution in [2.45, 2.75) is 20.3 Å². The first-order valence-electron chi connectivity index (χ1n) is 6.90. The van der Waals surface area contributed by atoms with Gasteiger partial charge >= 0.3 is 0 Å². The summed E-state index contributed by atoms with van der Waals surface area (Å²) in [5, 5.41) is 0. The molecule has 0 bridgehead atoms. The van der Waals surface area contributed by atoms with Gasteiger partial charge in [-0.05, 0) is 25.5 Å². The van der Waals surface area contributed by atoms with Gasteiger partial charge in [0.15, 0.2) is 0 Å². The maximum Gasteiger partial charge on any atom is 0.256 e. The van der Waals surface area contributed by atoms with Crippen molar-refractivity contribution in [1.82, 2.24) is 9.80 Å². The summed E-state index contributed by atoms with van der Waals surface area (Å²) in [6.07, 6.45) is 0.803. The number of aryl methyl sites for hydroxylation is 1. The Morgan fingerprint density at radius 3 is 2.45 bits per heavy atom. The van der Waals surface area contributed by atoms with E-state index in [0.717, 1.165) is 12.0 Å². The smallest absolute Gasteiger partial charge is 0.256 e. The number of nitrogens with two attached hydrogens (primary N) is 1. The first kappa shape index (κ1) is 14.4. The lowest BCUT2D eigenvalue weighted by Gasteiger charge is -2.22. The molecule has 2 rings (SSSR count). The Balaban J connectivity index is 2.13. The molecule has 1 fully saturated rings. The van der Waals surface area contributed by atoms with Gasteiger partial charge in [0.1, 0.15) is 0 Å². The number of rotatable bonds is 1. The molecule has 0 saturated carbocycles. The minimum atomic E-state index is -0.0448. The maximum atomic E-state index is 12.5. The number of carbonyl (C=O) groups is 2. The Hall–Kier alpha value is -2.04. The fourth-order valence-electron chi connectivity index (χ4n) is 2.46. The van der Waals surface area contributed by atoms with Crippen LogP contribution in [-0.4, -0.2) is 47.8 Å². The van der Waals surface area contributed by atoms with Gasteiger partial charge < -0.3 is 15.5 Å². The molecule has 5 nitrogen and oxygen atoms in total. The number of nitrogen functional groups attached to an aromatic ring is 1. The number of hydrogen-bond acceptors (Lipinski definition) is 3. The van der Waals surface area contributed by atoms with Crippen molar-refractivity contribution in [2.75, 3.05) is 31.9 Å². The van der Waals surface area contributed by atoms with Crippen LogP contribution in [0.5, 0.6) is 0 Å². The molecule has 0 radical (unpaired) electrons. The third-order valence-corrected chi connectivity index (χ3v) is 3.67. The van der Waals surface area contributed by atoms with Crippen LogP contribution in [0, 0.1) is 6.92 Å². The standard InChI is InChI=1S/C15H21N3O2/c1-11-4-5-14(16)13(10-11)15(20)18-7-3-6-17(8-9-18)12(2)19/h4-5,10H,3,6-9,16H2,1-2H3. The molecule has 1 heterocycles. The molecule has 1 aromatic carbocycles. The Labute approximate surface area is 119 Å². The molecule has 0 aliphatic carbocycles. The number of carbonyl (C=O) groups excluding carboxylic acids is 2. The van der Waals surface area contributed by atoms with E-state index in [9.17, 15) is 9.59 Å². The normalized spacial score (nSPS) is 15.9. The first-order valence-corrected chi connectivity index (χ1v) is 6.90. The zero-order valence-electron chi connectivity index (χ0n) is 12.1. The van der Waals surface area contributed by atoms with E-state index in [1.54, 1.807) is 22.8 Å². The lowest BCUT2D eigenvalue weighted by atomic mass is 10.1. The van der Waals surface area contributed by atoms with E-state index in [4.69, 9.17) is 5.73 Å². The molecule has 0 atom stereocenters. The number of benzene rings is 1. The Morgan fingerprint density at radius 2 is 1.75 bits per heavy atom. The van der Waals surface area contributed by atoms with Crippen molar-refractivity contribution in [2.24, 2.45) is 0 Å². The summed E-state index contributed by atoms with van der Waals surface area (Å²) < 4.78 is 0. The molecule has 2 N–H and O–H groups in total. The molecule has 1 aliphatic rings. The van der Waals surface area contributed by atoms with Crippen molar-refractivity contribution >= 4 is 17.5 Å². The van der Waals surface area contributed by atoms with Crippen LogP contribution in [0.1, 0.15) is 29.3 Å². The minimum absolute atomic E-state index is 0.0448. The number of amides is 2. The largest absolute Gasteiger partial charge is 0.398 e. The van der Waals surface area contributed by atoms with Gasteiger partial charge in [0, 0.05) is 38.8 Å². The Bertz CT molecular complexity index is 528. The van der Waals surface area contributed by atoms with Gasteiger partial charge in [-0.1, -0.05) is 11.6 Å². The van der Waals surface area contributed by atoms with Gasteiger partial charge in [0.2, 0.25) is 5.91 Å². The molecule has 1 saturated heterocycles. The zero-order valence-corrected chi connectivity index (χ0v) is 12.1. The summed E-state index contributed by atoms with van der Waals surface area (Å²) >= 11 is 0. The van der Waals surface area contributed by atoms with Gasteiger partial charge in [-0.25, -0.2) is 0 Å². The zero-order chi connectivity index (χ0) is 14.7. The van der Waals surface area contributed by atoms with E-state index in [1.807, 2.05) is 19.1 Å². The highest BCUT2D eigenvalue weighted by Gasteiger charge is 2.22. The van der Waals surface area contributed by atoms with Crippen LogP contribution in [0.3, 0.4) is 0 Å². The van der Waals surface area contributed by atoms with Gasteiger partial charge in [-0.15, -0.1) is 0 Å². The highest BCUT2D eigenvalue weighted by molar-refractivity contribution is 5.99. The summed E-state index contributed by atoms with van der Waals surface area (Å²) in [6, 6.07) is 5.49. The topological polar surface area (TPSA) is 66.6 Å². The van der Waals surface area contributed by atoms with E-state index < -0.39 is 0 Å². The van der Waals surface area contributed by atoms with Gasteiger partial charge in [0.05, 0.1) is 5.56 Å². The number of hydrogen-bond donors (Lipinski definition) is 1. The monoisotopic (exact) mass is 275 g/mol. The Kier molecular flexibility index (Phi) is 4.27. The van der Waals surface area contributed by atoms with Crippen LogP contribution in [0.25, 0.3) is 0 Å². The summed E-state index contributed by atoms with van der Waals surface area (Å²) in [4.78, 5) is 27.5. The molecule has 5 heteroatoms. The fraction of sp³-hybridized carbons (Fsp3) is 0.467. The van der Waals surface area contributed by atoms with E-state index in [2.05, 4.69) is 0 Å². The van der Waals surface area contributed by atoms with Crippen molar-refractivity contribution in [3.05, 3.63) is 29.3 Å². The van der Waals surface area contributed by atoms with Crippen LogP contribution in [0.4, 0.5) is 5.69 Å². The van der Waals surface area contributed by atoms with E-state index in [0.29, 0.717) is 37.4 Å².